The van der Waals surface area contributed by atoms with Gasteiger partial charge in [-0.3, -0.25) is 14.8 Å². The van der Waals surface area contributed by atoms with Crippen molar-refractivity contribution in [2.45, 2.75) is 24.4 Å². The van der Waals surface area contributed by atoms with Gasteiger partial charge in [0.25, 0.3) is 5.56 Å². The monoisotopic (exact) mass is 462 g/mol. The van der Waals surface area contributed by atoms with E-state index in [0.29, 0.717) is 22.2 Å². The summed E-state index contributed by atoms with van der Waals surface area (Å²) in [6, 6.07) is 15.5. The van der Waals surface area contributed by atoms with E-state index < -0.39 is 11.6 Å². The van der Waals surface area contributed by atoms with Crippen LogP contribution in [0.25, 0.3) is 27.5 Å². The molecule has 1 fully saturated rings. The predicted octanol–water partition coefficient (Wildman–Crippen LogP) is 5.65. The van der Waals surface area contributed by atoms with E-state index in [4.69, 9.17) is 4.74 Å². The normalized spacial score (nSPS) is 15.0. The first-order chi connectivity index (χ1) is 16.3. The molecule has 34 heavy (non-hydrogen) atoms. The lowest BCUT2D eigenvalue weighted by Crippen LogP contribution is -2.28. The molecule has 1 saturated carbocycles. The molecule has 1 N–H and O–H groups in total. The molecule has 0 amide bonds. The van der Waals surface area contributed by atoms with Crippen LogP contribution in [0.2, 0.25) is 0 Å². The summed E-state index contributed by atoms with van der Waals surface area (Å²) in [6.07, 6.45) is 0.871. The van der Waals surface area contributed by atoms with Gasteiger partial charge in [-0.15, -0.1) is 0 Å². The summed E-state index contributed by atoms with van der Waals surface area (Å²) in [4.78, 5) is 23.0. The summed E-state index contributed by atoms with van der Waals surface area (Å²) in [5.41, 5.74) is 0.349. The quantitative estimate of drug-likeness (QED) is 0.375. The Kier molecular flexibility index (Phi) is 4.32. The van der Waals surface area contributed by atoms with Crippen molar-refractivity contribution in [3.8, 4) is 17.4 Å². The zero-order valence-corrected chi connectivity index (χ0v) is 17.6. The van der Waals surface area contributed by atoms with E-state index in [1.807, 2.05) is 29.0 Å². The van der Waals surface area contributed by atoms with E-state index in [1.54, 1.807) is 36.4 Å². The van der Waals surface area contributed by atoms with Gasteiger partial charge in [-0.1, -0.05) is 6.07 Å². The van der Waals surface area contributed by atoms with Gasteiger partial charge < -0.3 is 9.30 Å². The highest BCUT2D eigenvalue weighted by Crippen LogP contribution is 2.59. The smallest absolute Gasteiger partial charge is 0.398 e. The van der Waals surface area contributed by atoms with Crippen LogP contribution in [0.3, 0.4) is 0 Å². The molecule has 0 unspecified atom stereocenters. The molecule has 1 aliphatic carbocycles. The molecule has 6 rings (SSSR count). The molecule has 0 spiro atoms. The molecule has 6 nitrogen and oxygen atoms in total. The highest BCUT2D eigenvalue weighted by atomic mass is 19.4. The van der Waals surface area contributed by atoms with Gasteiger partial charge in [0.1, 0.15) is 5.75 Å². The number of rotatable bonds is 4. The van der Waals surface area contributed by atoms with Crippen molar-refractivity contribution in [1.29, 1.82) is 0 Å². The van der Waals surface area contributed by atoms with Gasteiger partial charge in [-0.2, -0.15) is 18.2 Å². The number of aromatic amines is 1. The summed E-state index contributed by atoms with van der Waals surface area (Å²) in [6.45, 7) is 0. The Labute approximate surface area is 190 Å². The third-order valence-electron chi connectivity index (χ3n) is 6.35. The van der Waals surface area contributed by atoms with E-state index in [-0.39, 0.29) is 24.4 Å². The number of fused-ring (bicyclic) bond motifs is 2. The molecular formula is C25H17F3N4O2. The van der Waals surface area contributed by atoms with Crippen LogP contribution in [0.15, 0.2) is 78.0 Å². The molecule has 3 heterocycles. The number of hydrogen-bond donors (Lipinski definition) is 1. The summed E-state index contributed by atoms with van der Waals surface area (Å²) < 4.78 is 48.1. The van der Waals surface area contributed by atoms with Crippen LogP contribution in [0.5, 0.6) is 11.8 Å². The fourth-order valence-electron chi connectivity index (χ4n) is 4.33. The molecule has 0 aliphatic heterocycles. The van der Waals surface area contributed by atoms with Crippen LogP contribution in [-0.2, 0) is 5.41 Å². The molecule has 0 atom stereocenters. The Bertz CT molecular complexity index is 1600. The third-order valence-corrected chi connectivity index (χ3v) is 6.35. The fourth-order valence-corrected chi connectivity index (χ4v) is 4.33. The summed E-state index contributed by atoms with van der Waals surface area (Å²) in [5, 5.41) is 1.17. The lowest BCUT2D eigenvalue weighted by atomic mass is 9.94. The number of H-pyrrole nitrogens is 1. The molecular weight excluding hydrogens is 445 g/mol. The topological polar surface area (TPSA) is 72.8 Å². The maximum Gasteiger partial charge on any atom is 0.398 e. The van der Waals surface area contributed by atoms with Crippen molar-refractivity contribution in [3.63, 3.8) is 0 Å². The Balaban J connectivity index is 1.28. The molecule has 2 aromatic carbocycles. The number of alkyl halides is 3. The van der Waals surface area contributed by atoms with Crippen molar-refractivity contribution >= 4 is 21.8 Å². The van der Waals surface area contributed by atoms with E-state index in [0.717, 1.165) is 16.6 Å². The van der Waals surface area contributed by atoms with Gasteiger partial charge in [0.15, 0.2) is 0 Å². The van der Waals surface area contributed by atoms with Crippen molar-refractivity contribution in [3.05, 3.63) is 89.1 Å². The first kappa shape index (κ1) is 20.5. The van der Waals surface area contributed by atoms with Gasteiger partial charge in [-0.05, 0) is 66.9 Å². The number of nitrogens with zero attached hydrogens (tertiary/aromatic N) is 3. The minimum Gasteiger partial charge on any atom is -0.426 e. The summed E-state index contributed by atoms with van der Waals surface area (Å²) in [7, 11) is 0. The van der Waals surface area contributed by atoms with E-state index >= 15 is 0 Å². The van der Waals surface area contributed by atoms with Crippen LogP contribution in [0.4, 0.5) is 13.2 Å². The summed E-state index contributed by atoms with van der Waals surface area (Å²) >= 11 is 0. The highest BCUT2D eigenvalue weighted by Gasteiger charge is 2.64. The van der Waals surface area contributed by atoms with Crippen LogP contribution in [-0.4, -0.2) is 25.7 Å². The second kappa shape index (κ2) is 7.18. The van der Waals surface area contributed by atoms with Crippen molar-refractivity contribution in [1.82, 2.24) is 19.5 Å². The Hall–Kier alpha value is -4.14. The molecule has 170 valence electrons. The fraction of sp³-hybridized carbons (Fsp3) is 0.160. The summed E-state index contributed by atoms with van der Waals surface area (Å²) in [5.74, 6) is 0.467. The minimum absolute atomic E-state index is 0.0517. The number of pyridine rings is 1. The van der Waals surface area contributed by atoms with Crippen LogP contribution in [0.1, 0.15) is 18.4 Å². The molecule has 9 heteroatoms. The highest BCUT2D eigenvalue weighted by molar-refractivity contribution is 5.83. The number of aromatic nitrogens is 4. The zero-order valence-electron chi connectivity index (χ0n) is 17.6. The molecule has 1 aliphatic rings. The number of halogens is 3. The number of benzene rings is 2. The first-order valence-electron chi connectivity index (χ1n) is 10.6. The SMILES string of the molecule is O=c1[nH]c(Oc2ccc(-n3ccc4cc(C5(C(F)(F)F)CC5)ccc43)cc2)nc2cnccc12. The Morgan fingerprint density at radius 1 is 1.03 bits per heavy atom. The Morgan fingerprint density at radius 3 is 2.56 bits per heavy atom. The van der Waals surface area contributed by atoms with Gasteiger partial charge in [0.2, 0.25) is 0 Å². The predicted molar refractivity (Wildman–Crippen MR) is 120 cm³/mol. The average Bonchev–Trinajstić information content (AvgIpc) is 3.54. The van der Waals surface area contributed by atoms with Crippen molar-refractivity contribution in [2.75, 3.05) is 0 Å². The molecule has 0 saturated heterocycles. The van der Waals surface area contributed by atoms with Crippen molar-refractivity contribution < 1.29 is 17.9 Å². The van der Waals surface area contributed by atoms with Gasteiger partial charge in [0, 0.05) is 23.5 Å². The third kappa shape index (κ3) is 3.23. The minimum atomic E-state index is -4.24. The second-order valence-corrected chi connectivity index (χ2v) is 8.40. The zero-order chi connectivity index (χ0) is 23.5. The second-order valence-electron chi connectivity index (χ2n) is 8.40. The van der Waals surface area contributed by atoms with E-state index in [9.17, 15) is 18.0 Å². The van der Waals surface area contributed by atoms with Gasteiger partial charge in [-0.25, -0.2) is 0 Å². The number of nitrogens with one attached hydrogen (secondary N) is 1. The first-order valence-corrected chi connectivity index (χ1v) is 10.6. The molecule has 0 radical (unpaired) electrons. The van der Waals surface area contributed by atoms with E-state index in [1.165, 1.54) is 12.4 Å². The standard InChI is InChI=1S/C25H17F3N4O2/c26-25(27,28)24(9-10-24)16-1-6-21-15(13-16)8-12-32(21)17-2-4-18(5-3-17)34-23-30-20-14-29-11-7-19(20)22(33)31-23/h1-8,11-14H,9-10H2,(H,30,31,33). The maximum absolute atomic E-state index is 13.5. The van der Waals surface area contributed by atoms with Crippen LogP contribution < -0.4 is 10.3 Å². The van der Waals surface area contributed by atoms with Gasteiger partial charge >= 0.3 is 12.2 Å². The van der Waals surface area contributed by atoms with Crippen molar-refractivity contribution in [2.24, 2.45) is 0 Å². The van der Waals surface area contributed by atoms with Gasteiger partial charge in [0.05, 0.1) is 28.0 Å². The molecule has 0 bridgehead atoms. The molecule has 3 aromatic heterocycles. The lowest BCUT2D eigenvalue weighted by molar-refractivity contribution is -0.160. The van der Waals surface area contributed by atoms with E-state index in [2.05, 4.69) is 15.0 Å². The number of hydrogen-bond acceptors (Lipinski definition) is 4. The van der Waals surface area contributed by atoms with Crippen LogP contribution in [0, 0.1) is 0 Å². The maximum atomic E-state index is 13.5. The van der Waals surface area contributed by atoms with Crippen LogP contribution >= 0.6 is 0 Å². The Morgan fingerprint density at radius 2 is 1.82 bits per heavy atom. The lowest BCUT2D eigenvalue weighted by Gasteiger charge is -2.19. The average molecular weight is 462 g/mol. The molecule has 5 aromatic rings. The number of ether oxygens (including phenoxy) is 1. The largest absolute Gasteiger partial charge is 0.426 e.